The summed E-state index contributed by atoms with van der Waals surface area (Å²) < 4.78 is 0. The Morgan fingerprint density at radius 1 is 1.08 bits per heavy atom. The van der Waals surface area contributed by atoms with Gasteiger partial charge in [0.2, 0.25) is 5.78 Å². The van der Waals surface area contributed by atoms with E-state index >= 15 is 0 Å². The largest absolute Gasteiger partial charge is 0.511 e. The molecule has 10 heteroatoms. The number of primary amides is 1. The van der Waals surface area contributed by atoms with E-state index in [0.29, 0.717) is 16.2 Å². The van der Waals surface area contributed by atoms with Crippen molar-refractivity contribution in [1.29, 1.82) is 0 Å². The predicted molar refractivity (Wildman–Crippen MR) is 128 cm³/mol. The Morgan fingerprint density at radius 3 is 2.39 bits per heavy atom. The summed E-state index contributed by atoms with van der Waals surface area (Å²) in [6.45, 7) is 0. The van der Waals surface area contributed by atoms with Crippen LogP contribution in [0.3, 0.4) is 0 Å². The lowest BCUT2D eigenvalue weighted by Crippen LogP contribution is -2.62. The number of carbonyl (C=O) groups is 3. The number of phenols is 1. The lowest BCUT2D eigenvalue weighted by molar-refractivity contribution is -0.152. The van der Waals surface area contributed by atoms with Crippen LogP contribution in [0.5, 0.6) is 5.75 Å². The molecule has 0 saturated carbocycles. The van der Waals surface area contributed by atoms with E-state index in [1.54, 1.807) is 36.4 Å². The fourth-order valence-corrected chi connectivity index (χ4v) is 5.55. The van der Waals surface area contributed by atoms with Gasteiger partial charge in [-0.15, -0.1) is 0 Å². The number of ketones is 2. The molecule has 0 spiro atoms. The van der Waals surface area contributed by atoms with Crippen LogP contribution in [0.1, 0.15) is 27.9 Å². The zero-order valence-corrected chi connectivity index (χ0v) is 19.2. The number of allylic oxidation sites excluding steroid dienone is 1. The normalized spacial score (nSPS) is 28.6. The van der Waals surface area contributed by atoms with Crippen molar-refractivity contribution in [1.82, 2.24) is 0 Å². The van der Waals surface area contributed by atoms with Crippen LogP contribution in [-0.2, 0) is 9.59 Å². The van der Waals surface area contributed by atoms with Crippen molar-refractivity contribution in [3.05, 3.63) is 86.8 Å². The number of nitrogens with two attached hydrogens (primary N) is 1. The second kappa shape index (κ2) is 8.06. The van der Waals surface area contributed by atoms with Crippen molar-refractivity contribution in [2.75, 3.05) is 0 Å². The Kier molecular flexibility index (Phi) is 5.33. The quantitative estimate of drug-likeness (QED) is 0.333. The molecule has 7 N–H and O–H groups in total. The fourth-order valence-electron chi connectivity index (χ4n) is 5.42. The first-order valence-electron chi connectivity index (χ1n) is 10.9. The van der Waals surface area contributed by atoms with Crippen LogP contribution in [0.25, 0.3) is 11.6 Å². The number of rotatable bonds is 2. The van der Waals surface area contributed by atoms with Gasteiger partial charge in [0.15, 0.2) is 11.4 Å². The fraction of sp³-hybridized carbons (Fsp3) is 0.192. The molecule has 0 unspecified atom stereocenters. The van der Waals surface area contributed by atoms with Gasteiger partial charge in [-0.1, -0.05) is 41.9 Å². The highest BCUT2D eigenvalue weighted by molar-refractivity contribution is 6.30. The third-order valence-electron chi connectivity index (χ3n) is 7.09. The molecular weight excluding hydrogens is 490 g/mol. The van der Waals surface area contributed by atoms with Crippen LogP contribution in [0.2, 0.25) is 5.02 Å². The summed E-state index contributed by atoms with van der Waals surface area (Å²) >= 11 is 5.98. The molecule has 1 amide bonds. The third kappa shape index (κ3) is 3.13. The van der Waals surface area contributed by atoms with Gasteiger partial charge >= 0.3 is 0 Å². The number of benzene rings is 2. The standard InChI is InChI=1S/C26H20ClNO8/c27-11-6-4-10(5-7-11)8-13-12-2-1-3-15(29)17(12)22(32)20-18(13)21(31)14-9-16(30)19(25(28)35)23(33)26(14,36)24(20)34/h1-8,14,18,21,29-31,34,36H,9H2,(H2,28,35)/b13-8+/t14-,18-,21-,26-/m1/s1. The number of phenolic OH excluding ortho intramolecular Hbond substituents is 1. The molecule has 9 nitrogen and oxygen atoms in total. The summed E-state index contributed by atoms with van der Waals surface area (Å²) in [6.07, 6.45) is -0.605. The molecule has 0 bridgehead atoms. The third-order valence-corrected chi connectivity index (χ3v) is 7.34. The number of Topliss-reactive ketones (excluding diaryl/α,β-unsaturated/α-hetero) is 2. The minimum absolute atomic E-state index is 0.193. The maximum Gasteiger partial charge on any atom is 0.255 e. The Bertz CT molecular complexity index is 1450. The summed E-state index contributed by atoms with van der Waals surface area (Å²) in [5.74, 6) is -8.64. The SMILES string of the molecule is NC(=O)C1=C(O)C[C@@H]2[C@@H](O)[C@H]3C(=C(O)[C@]2(O)C1=O)C(=O)c1c(O)cccc1/C3=C\c1ccc(Cl)cc1. The molecule has 0 radical (unpaired) electrons. The van der Waals surface area contributed by atoms with Gasteiger partial charge in [-0.05, 0) is 34.9 Å². The molecule has 2 aromatic carbocycles. The molecule has 36 heavy (non-hydrogen) atoms. The zero-order chi connectivity index (χ0) is 26.1. The van der Waals surface area contributed by atoms with Crippen LogP contribution in [0, 0.1) is 11.8 Å². The molecular formula is C26H20ClNO8. The molecule has 5 rings (SSSR count). The van der Waals surface area contributed by atoms with Crippen molar-refractivity contribution in [2.24, 2.45) is 17.6 Å². The zero-order valence-electron chi connectivity index (χ0n) is 18.5. The first kappa shape index (κ1) is 23.8. The van der Waals surface area contributed by atoms with Crippen LogP contribution in [-0.4, -0.2) is 54.7 Å². The number of aliphatic hydroxyl groups excluding tert-OH is 3. The molecule has 0 saturated heterocycles. The number of amides is 1. The van der Waals surface area contributed by atoms with Gasteiger partial charge < -0.3 is 31.3 Å². The molecule has 0 heterocycles. The number of fused-ring (bicyclic) bond motifs is 3. The minimum Gasteiger partial charge on any atom is -0.511 e. The highest BCUT2D eigenvalue weighted by Gasteiger charge is 2.63. The van der Waals surface area contributed by atoms with E-state index in [1.165, 1.54) is 12.1 Å². The van der Waals surface area contributed by atoms with E-state index in [1.807, 2.05) is 0 Å². The second-order valence-corrected chi connectivity index (χ2v) is 9.44. The van der Waals surface area contributed by atoms with Crippen molar-refractivity contribution in [3.8, 4) is 5.75 Å². The van der Waals surface area contributed by atoms with E-state index in [-0.39, 0.29) is 11.1 Å². The smallest absolute Gasteiger partial charge is 0.255 e. The molecule has 2 aromatic rings. The number of aliphatic hydroxyl groups is 4. The lowest BCUT2D eigenvalue weighted by Gasteiger charge is -2.49. The van der Waals surface area contributed by atoms with Crippen molar-refractivity contribution in [2.45, 2.75) is 18.1 Å². The number of hydrogen-bond acceptors (Lipinski definition) is 8. The maximum absolute atomic E-state index is 13.6. The van der Waals surface area contributed by atoms with E-state index in [9.17, 15) is 39.9 Å². The van der Waals surface area contributed by atoms with Crippen molar-refractivity contribution in [3.63, 3.8) is 0 Å². The van der Waals surface area contributed by atoms with Crippen molar-refractivity contribution >= 4 is 40.7 Å². The van der Waals surface area contributed by atoms with Crippen LogP contribution in [0.4, 0.5) is 0 Å². The first-order chi connectivity index (χ1) is 17.0. The molecule has 184 valence electrons. The average molecular weight is 510 g/mol. The van der Waals surface area contributed by atoms with Gasteiger partial charge in [-0.2, -0.15) is 0 Å². The Balaban J connectivity index is 1.82. The number of carbonyl (C=O) groups excluding carboxylic acids is 3. The molecule has 0 fully saturated rings. The summed E-state index contributed by atoms with van der Waals surface area (Å²) in [7, 11) is 0. The van der Waals surface area contributed by atoms with Crippen LogP contribution >= 0.6 is 11.6 Å². The Morgan fingerprint density at radius 2 is 1.75 bits per heavy atom. The van der Waals surface area contributed by atoms with Gasteiger partial charge in [0.25, 0.3) is 5.91 Å². The van der Waals surface area contributed by atoms with Crippen LogP contribution < -0.4 is 5.73 Å². The van der Waals surface area contributed by atoms with Gasteiger partial charge in [0.05, 0.1) is 17.2 Å². The summed E-state index contributed by atoms with van der Waals surface area (Å²) in [5, 5.41) is 55.4. The summed E-state index contributed by atoms with van der Waals surface area (Å²) in [6, 6.07) is 11.0. The summed E-state index contributed by atoms with van der Waals surface area (Å²) in [5.41, 5.74) is 1.89. The minimum atomic E-state index is -2.90. The van der Waals surface area contributed by atoms with Crippen molar-refractivity contribution < 1.29 is 39.9 Å². The van der Waals surface area contributed by atoms with E-state index in [2.05, 4.69) is 0 Å². The number of halogens is 1. The number of hydrogen-bond donors (Lipinski definition) is 6. The highest BCUT2D eigenvalue weighted by atomic mass is 35.5. The molecule has 0 aliphatic heterocycles. The topological polar surface area (TPSA) is 178 Å². The number of aromatic hydroxyl groups is 1. The molecule has 3 aliphatic carbocycles. The van der Waals surface area contributed by atoms with Gasteiger partial charge in [-0.3, -0.25) is 14.4 Å². The Hall–Kier alpha value is -3.92. The maximum atomic E-state index is 13.6. The van der Waals surface area contributed by atoms with E-state index in [4.69, 9.17) is 17.3 Å². The monoisotopic (exact) mass is 509 g/mol. The molecule has 3 aliphatic rings. The van der Waals surface area contributed by atoms with E-state index in [0.717, 1.165) is 0 Å². The second-order valence-electron chi connectivity index (χ2n) is 9.00. The van der Waals surface area contributed by atoms with Crippen LogP contribution in [0.15, 0.2) is 65.1 Å². The lowest BCUT2D eigenvalue weighted by atomic mass is 9.57. The van der Waals surface area contributed by atoms with Gasteiger partial charge in [0, 0.05) is 23.3 Å². The van der Waals surface area contributed by atoms with E-state index < -0.39 is 75.8 Å². The van der Waals surface area contributed by atoms with Gasteiger partial charge in [0.1, 0.15) is 22.8 Å². The highest BCUT2D eigenvalue weighted by Crippen LogP contribution is 2.55. The molecule has 4 atom stereocenters. The summed E-state index contributed by atoms with van der Waals surface area (Å²) in [4.78, 5) is 38.5. The first-order valence-corrected chi connectivity index (χ1v) is 11.3. The molecule has 0 aromatic heterocycles. The van der Waals surface area contributed by atoms with Gasteiger partial charge in [-0.25, -0.2) is 0 Å². The average Bonchev–Trinajstić information content (AvgIpc) is 2.82. The predicted octanol–water partition coefficient (Wildman–Crippen LogP) is 2.20. The Labute approximate surface area is 209 Å².